The number of thioether (sulfide) groups is 1. The van der Waals surface area contributed by atoms with E-state index in [4.69, 9.17) is 9.47 Å². The lowest BCUT2D eigenvalue weighted by atomic mass is 10.2. The quantitative estimate of drug-likeness (QED) is 0.470. The Hall–Kier alpha value is -3.20. The Balaban J connectivity index is 1.30. The molecule has 2 heterocycles. The predicted octanol–water partition coefficient (Wildman–Crippen LogP) is 3.40. The Morgan fingerprint density at radius 1 is 1.00 bits per heavy atom. The van der Waals surface area contributed by atoms with Gasteiger partial charge in [-0.1, -0.05) is 42.1 Å². The minimum absolute atomic E-state index is 0.121. The van der Waals surface area contributed by atoms with Crippen LogP contribution in [0.25, 0.3) is 0 Å². The third-order valence-electron chi connectivity index (χ3n) is 5.68. The highest BCUT2D eigenvalue weighted by molar-refractivity contribution is 7.99. The maximum Gasteiger partial charge on any atom is 0.233 e. The number of aromatic nitrogens is 3. The monoisotopic (exact) mass is 467 g/mol. The molecule has 1 aliphatic heterocycles. The van der Waals surface area contributed by atoms with Crippen molar-refractivity contribution in [2.24, 2.45) is 7.05 Å². The number of benzene rings is 2. The zero-order chi connectivity index (χ0) is 23.2. The standard InChI is InChI=1S/C24H29N5O3S/c1-18(32-21-12-8-7-11-20(21)31-3)23-25-26-24(27(23)2)33-17-22(30)29-15-13-28(14-16-29)19-9-5-4-6-10-19/h4-12,18H,13-17H2,1-3H3. The van der Waals surface area contributed by atoms with Crippen molar-refractivity contribution in [3.05, 3.63) is 60.4 Å². The van der Waals surface area contributed by atoms with Crippen LogP contribution in [0.15, 0.2) is 59.8 Å². The molecule has 33 heavy (non-hydrogen) atoms. The molecule has 1 aliphatic rings. The summed E-state index contributed by atoms with van der Waals surface area (Å²) >= 11 is 1.40. The lowest BCUT2D eigenvalue weighted by Crippen LogP contribution is -2.49. The second kappa shape index (κ2) is 10.6. The van der Waals surface area contributed by atoms with Gasteiger partial charge >= 0.3 is 0 Å². The van der Waals surface area contributed by atoms with E-state index in [1.54, 1.807) is 7.11 Å². The molecule has 2 aromatic carbocycles. The molecule has 8 nitrogen and oxygen atoms in total. The molecular weight excluding hydrogens is 438 g/mol. The zero-order valence-electron chi connectivity index (χ0n) is 19.2. The molecule has 0 aliphatic carbocycles. The summed E-state index contributed by atoms with van der Waals surface area (Å²) in [5.74, 6) is 2.45. The number of ether oxygens (including phenoxy) is 2. The van der Waals surface area contributed by atoms with Gasteiger partial charge in [-0.25, -0.2) is 0 Å². The Labute approximate surface area is 198 Å². The number of amides is 1. The summed E-state index contributed by atoms with van der Waals surface area (Å²) in [6.45, 7) is 5.05. The minimum Gasteiger partial charge on any atom is -0.493 e. The summed E-state index contributed by atoms with van der Waals surface area (Å²) in [4.78, 5) is 17.0. The van der Waals surface area contributed by atoms with Crippen molar-refractivity contribution in [3.8, 4) is 11.5 Å². The Bertz CT molecular complexity index is 1070. The van der Waals surface area contributed by atoms with Crippen LogP contribution < -0.4 is 14.4 Å². The normalized spacial score (nSPS) is 14.8. The van der Waals surface area contributed by atoms with Crippen LogP contribution in [0, 0.1) is 0 Å². The molecule has 0 spiro atoms. The van der Waals surface area contributed by atoms with Gasteiger partial charge in [-0.2, -0.15) is 0 Å². The third-order valence-corrected chi connectivity index (χ3v) is 6.69. The van der Waals surface area contributed by atoms with Crippen molar-refractivity contribution < 1.29 is 14.3 Å². The van der Waals surface area contributed by atoms with Crippen LogP contribution in [0.5, 0.6) is 11.5 Å². The van der Waals surface area contributed by atoms with Gasteiger partial charge < -0.3 is 23.8 Å². The maximum absolute atomic E-state index is 12.8. The van der Waals surface area contributed by atoms with E-state index in [0.717, 1.165) is 26.2 Å². The van der Waals surface area contributed by atoms with Gasteiger partial charge in [-0.3, -0.25) is 4.79 Å². The average molecular weight is 468 g/mol. The first-order valence-electron chi connectivity index (χ1n) is 11.0. The lowest BCUT2D eigenvalue weighted by molar-refractivity contribution is -0.128. The first-order chi connectivity index (χ1) is 16.1. The molecule has 174 valence electrons. The smallest absolute Gasteiger partial charge is 0.233 e. The molecular formula is C24H29N5O3S. The maximum atomic E-state index is 12.8. The molecule has 1 aromatic heterocycles. The van der Waals surface area contributed by atoms with Crippen molar-refractivity contribution in [1.82, 2.24) is 19.7 Å². The van der Waals surface area contributed by atoms with E-state index >= 15 is 0 Å². The Morgan fingerprint density at radius 2 is 1.67 bits per heavy atom. The highest BCUT2D eigenvalue weighted by Crippen LogP contribution is 2.30. The number of para-hydroxylation sites is 3. The number of carbonyl (C=O) groups is 1. The lowest BCUT2D eigenvalue weighted by Gasteiger charge is -2.36. The van der Waals surface area contributed by atoms with E-state index in [0.29, 0.717) is 28.2 Å². The van der Waals surface area contributed by atoms with E-state index in [1.807, 2.05) is 65.9 Å². The molecule has 1 amide bonds. The van der Waals surface area contributed by atoms with Gasteiger partial charge in [0, 0.05) is 38.9 Å². The Morgan fingerprint density at radius 3 is 2.36 bits per heavy atom. The van der Waals surface area contributed by atoms with E-state index in [1.165, 1.54) is 17.4 Å². The predicted molar refractivity (Wildman–Crippen MR) is 129 cm³/mol. The van der Waals surface area contributed by atoms with Gasteiger partial charge in [0.1, 0.15) is 0 Å². The first-order valence-corrected chi connectivity index (χ1v) is 11.9. The van der Waals surface area contributed by atoms with Crippen molar-refractivity contribution in [1.29, 1.82) is 0 Å². The molecule has 1 fully saturated rings. The molecule has 9 heteroatoms. The summed E-state index contributed by atoms with van der Waals surface area (Å²) in [5, 5.41) is 9.26. The van der Waals surface area contributed by atoms with Gasteiger partial charge in [0.15, 0.2) is 28.6 Å². The van der Waals surface area contributed by atoms with Crippen molar-refractivity contribution in [3.63, 3.8) is 0 Å². The van der Waals surface area contributed by atoms with Crippen LogP contribution in [0.2, 0.25) is 0 Å². The highest BCUT2D eigenvalue weighted by Gasteiger charge is 2.23. The SMILES string of the molecule is COc1ccccc1OC(C)c1nnc(SCC(=O)N2CCN(c3ccccc3)CC2)n1C. The van der Waals surface area contributed by atoms with Gasteiger partial charge in [0.25, 0.3) is 0 Å². The fourth-order valence-electron chi connectivity index (χ4n) is 3.84. The number of hydrogen-bond donors (Lipinski definition) is 0. The minimum atomic E-state index is -0.324. The van der Waals surface area contributed by atoms with Crippen molar-refractivity contribution in [2.75, 3.05) is 43.9 Å². The number of nitrogens with zero attached hydrogens (tertiary/aromatic N) is 5. The van der Waals surface area contributed by atoms with Gasteiger partial charge in [0.2, 0.25) is 5.91 Å². The topological polar surface area (TPSA) is 72.7 Å². The van der Waals surface area contributed by atoms with Crippen LogP contribution in [0.1, 0.15) is 18.9 Å². The van der Waals surface area contributed by atoms with Gasteiger partial charge in [-0.15, -0.1) is 10.2 Å². The van der Waals surface area contributed by atoms with Crippen molar-refractivity contribution >= 4 is 23.4 Å². The zero-order valence-corrected chi connectivity index (χ0v) is 20.0. The van der Waals surface area contributed by atoms with E-state index < -0.39 is 0 Å². The van der Waals surface area contributed by atoms with Crippen LogP contribution in [-0.4, -0.2) is 64.6 Å². The van der Waals surface area contributed by atoms with Gasteiger partial charge in [0.05, 0.1) is 12.9 Å². The highest BCUT2D eigenvalue weighted by atomic mass is 32.2. The van der Waals surface area contributed by atoms with Gasteiger partial charge in [-0.05, 0) is 31.2 Å². The molecule has 3 aromatic rings. The summed E-state index contributed by atoms with van der Waals surface area (Å²) in [7, 11) is 3.51. The van der Waals surface area contributed by atoms with Crippen molar-refractivity contribution in [2.45, 2.75) is 18.2 Å². The largest absolute Gasteiger partial charge is 0.493 e. The number of rotatable bonds is 8. The summed E-state index contributed by atoms with van der Waals surface area (Å²) in [5.41, 5.74) is 1.20. The van der Waals surface area contributed by atoms with E-state index in [9.17, 15) is 4.79 Å². The molecule has 0 radical (unpaired) electrons. The summed E-state index contributed by atoms with van der Waals surface area (Å²) < 4.78 is 13.3. The number of anilines is 1. The van der Waals surface area contributed by atoms with Crippen LogP contribution in [-0.2, 0) is 11.8 Å². The van der Waals surface area contributed by atoms with E-state index in [2.05, 4.69) is 27.2 Å². The molecule has 1 saturated heterocycles. The second-order valence-corrected chi connectivity index (χ2v) is 8.75. The number of carbonyl (C=O) groups excluding carboxylic acids is 1. The number of hydrogen-bond acceptors (Lipinski definition) is 7. The Kier molecular flexibility index (Phi) is 7.39. The fourth-order valence-corrected chi connectivity index (χ4v) is 4.66. The molecule has 0 N–H and O–H groups in total. The number of methoxy groups -OCH3 is 1. The summed E-state index contributed by atoms with van der Waals surface area (Å²) in [6.07, 6.45) is -0.324. The third kappa shape index (κ3) is 5.42. The van der Waals surface area contributed by atoms with Crippen LogP contribution in [0.4, 0.5) is 5.69 Å². The first kappa shape index (κ1) is 23.0. The second-order valence-electron chi connectivity index (χ2n) is 7.80. The molecule has 4 rings (SSSR count). The molecule has 0 saturated carbocycles. The fraction of sp³-hybridized carbons (Fsp3) is 0.375. The van der Waals surface area contributed by atoms with Crippen LogP contribution >= 0.6 is 11.8 Å². The molecule has 0 bridgehead atoms. The molecule has 1 unspecified atom stereocenters. The number of piperazine rings is 1. The van der Waals surface area contributed by atoms with Crippen LogP contribution in [0.3, 0.4) is 0 Å². The van der Waals surface area contributed by atoms with E-state index in [-0.39, 0.29) is 12.0 Å². The average Bonchev–Trinajstić information content (AvgIpc) is 3.23. The molecule has 1 atom stereocenters. The summed E-state index contributed by atoms with van der Waals surface area (Å²) in [6, 6.07) is 17.8.